The van der Waals surface area contributed by atoms with E-state index in [1.165, 1.54) is 23.6 Å². The van der Waals surface area contributed by atoms with Gasteiger partial charge in [-0.05, 0) is 54.3 Å². The minimum absolute atomic E-state index is 0.119. The minimum Gasteiger partial charge on any atom is -0.344 e. The fourth-order valence-corrected chi connectivity index (χ4v) is 7.57. The van der Waals surface area contributed by atoms with Gasteiger partial charge in [-0.3, -0.25) is 14.4 Å². The molecule has 1 unspecified atom stereocenters. The molecule has 0 aromatic carbocycles. The molecule has 0 bridgehead atoms. The van der Waals surface area contributed by atoms with Crippen molar-refractivity contribution in [3.05, 3.63) is 46.8 Å². The van der Waals surface area contributed by atoms with Crippen molar-refractivity contribution in [2.45, 2.75) is 57.1 Å². The maximum atomic E-state index is 13.3. The van der Waals surface area contributed by atoms with E-state index in [9.17, 15) is 22.8 Å². The monoisotopic (exact) mass is 562 g/mol. The summed E-state index contributed by atoms with van der Waals surface area (Å²) in [5.74, 6) is -1.19. The maximum absolute atomic E-state index is 13.3. The Bertz CT molecular complexity index is 1360. The number of hydrogen-bond donors (Lipinski definition) is 2. The first-order chi connectivity index (χ1) is 17.4. The minimum atomic E-state index is -3.93. The Kier molecular flexibility index (Phi) is 8.12. The van der Waals surface area contributed by atoms with E-state index < -0.39 is 33.8 Å². The number of Topliss-reactive ketones (excluding diaryl/α,β-unsaturated/α-hetero) is 1. The third-order valence-electron chi connectivity index (χ3n) is 5.98. The lowest BCUT2D eigenvalue weighted by molar-refractivity contribution is -0.129. The van der Waals surface area contributed by atoms with Crippen LogP contribution in [-0.2, 0) is 19.6 Å². The van der Waals surface area contributed by atoms with Crippen LogP contribution in [0.2, 0.25) is 0 Å². The Morgan fingerprint density at radius 2 is 2.00 bits per heavy atom. The highest BCUT2D eigenvalue weighted by molar-refractivity contribution is 7.89. The van der Waals surface area contributed by atoms with Crippen molar-refractivity contribution in [2.75, 3.05) is 13.1 Å². The van der Waals surface area contributed by atoms with Crippen LogP contribution in [0.4, 0.5) is 0 Å². The molecular weight excluding hydrogens is 532 g/mol. The summed E-state index contributed by atoms with van der Waals surface area (Å²) >= 11 is 2.92. The fraction of sp³-hybridized carbons (Fsp3) is 0.440. The number of ketones is 1. The summed E-state index contributed by atoms with van der Waals surface area (Å²) in [7, 11) is -3.93. The molecule has 2 amide bonds. The molecule has 4 heterocycles. The predicted octanol–water partition coefficient (Wildman–Crippen LogP) is 3.43. The molecule has 9 nitrogen and oxygen atoms in total. The van der Waals surface area contributed by atoms with E-state index in [0.29, 0.717) is 24.1 Å². The summed E-state index contributed by atoms with van der Waals surface area (Å²) in [6.45, 7) is 5.70. The molecule has 37 heavy (non-hydrogen) atoms. The number of rotatable bonds is 7. The first-order valence-corrected chi connectivity index (χ1v) is 15.1. The molecular formula is C25H30N4O5S3. The first-order valence-electron chi connectivity index (χ1n) is 12.0. The topological polar surface area (TPSA) is 126 Å². The van der Waals surface area contributed by atoms with Crippen LogP contribution in [-0.4, -0.2) is 60.5 Å². The molecule has 1 fully saturated rings. The molecule has 2 N–H and O–H groups in total. The van der Waals surface area contributed by atoms with Crippen LogP contribution in [0.25, 0.3) is 9.40 Å². The van der Waals surface area contributed by atoms with Crippen molar-refractivity contribution < 1.29 is 22.8 Å². The molecule has 2 atom stereocenters. The van der Waals surface area contributed by atoms with Crippen molar-refractivity contribution in [2.24, 2.45) is 5.41 Å². The third-order valence-corrected chi connectivity index (χ3v) is 9.83. The number of fused-ring (bicyclic) bond motifs is 1. The van der Waals surface area contributed by atoms with Gasteiger partial charge in [-0.2, -0.15) is 4.31 Å². The second-order valence-corrected chi connectivity index (χ2v) is 14.1. The Hall–Kier alpha value is -2.67. The van der Waals surface area contributed by atoms with Gasteiger partial charge in [-0.15, -0.1) is 22.7 Å². The van der Waals surface area contributed by atoms with E-state index in [-0.39, 0.29) is 29.4 Å². The van der Waals surface area contributed by atoms with Gasteiger partial charge in [0.2, 0.25) is 5.91 Å². The van der Waals surface area contributed by atoms with Crippen molar-refractivity contribution in [3.8, 4) is 0 Å². The molecule has 198 valence electrons. The standard InChI is InChI=1S/C25H30N4O5S3/c1-25(2,3)14-17(28-24(32)21-13-20-19(36-21)9-12-35-20)23(31)27-16-7-6-11-29(15-18(16)30)37(33,34)22-8-4-5-10-26-22/h4-5,8-10,12-13,16-17H,6-7,11,14-15H2,1-3H3,(H,27,31)(H,28,32)/t16?,17-/m0/s1. The quantitative estimate of drug-likeness (QED) is 0.455. The number of thiophene rings is 2. The molecule has 0 aliphatic carbocycles. The average Bonchev–Trinajstić information content (AvgIpc) is 3.39. The number of amides is 2. The van der Waals surface area contributed by atoms with E-state index >= 15 is 0 Å². The molecule has 12 heteroatoms. The molecule has 1 saturated heterocycles. The molecule has 3 aromatic heterocycles. The highest BCUT2D eigenvalue weighted by Crippen LogP contribution is 2.30. The van der Waals surface area contributed by atoms with Gasteiger partial charge in [0.1, 0.15) is 6.04 Å². The first kappa shape index (κ1) is 27.4. The van der Waals surface area contributed by atoms with E-state index in [0.717, 1.165) is 13.7 Å². The highest BCUT2D eigenvalue weighted by Gasteiger charge is 2.35. The van der Waals surface area contributed by atoms with Gasteiger partial charge >= 0.3 is 0 Å². The molecule has 0 spiro atoms. The van der Waals surface area contributed by atoms with Gasteiger partial charge in [-0.25, -0.2) is 13.4 Å². The van der Waals surface area contributed by atoms with Crippen LogP contribution >= 0.6 is 22.7 Å². The lowest BCUT2D eigenvalue weighted by Crippen LogP contribution is -2.53. The summed E-state index contributed by atoms with van der Waals surface area (Å²) in [5.41, 5.74) is -0.272. The van der Waals surface area contributed by atoms with Crippen molar-refractivity contribution in [1.82, 2.24) is 19.9 Å². The number of hydrogen-bond acceptors (Lipinski definition) is 8. The SMILES string of the molecule is CC(C)(C)C[C@H](NC(=O)c1cc2sccc2s1)C(=O)NC1CCCN(S(=O)(=O)c2ccccn2)CC1=O. The zero-order chi connectivity index (χ0) is 26.8. The molecule has 0 radical (unpaired) electrons. The number of sulfonamides is 1. The van der Waals surface area contributed by atoms with Crippen LogP contribution in [0.15, 0.2) is 46.9 Å². The van der Waals surface area contributed by atoms with Crippen LogP contribution in [0.1, 0.15) is 49.7 Å². The smallest absolute Gasteiger partial charge is 0.262 e. The zero-order valence-corrected chi connectivity index (χ0v) is 23.3. The summed E-state index contributed by atoms with van der Waals surface area (Å²) in [6.07, 6.45) is 2.45. The summed E-state index contributed by atoms with van der Waals surface area (Å²) < 4.78 is 29.1. The van der Waals surface area contributed by atoms with Gasteiger partial charge < -0.3 is 10.6 Å². The molecule has 0 saturated carbocycles. The second-order valence-electron chi connectivity index (χ2n) is 10.2. The number of nitrogens with zero attached hydrogens (tertiary/aromatic N) is 2. The van der Waals surface area contributed by atoms with Crippen molar-refractivity contribution in [3.63, 3.8) is 0 Å². The number of pyridine rings is 1. The summed E-state index contributed by atoms with van der Waals surface area (Å²) in [4.78, 5) is 43.8. The molecule has 3 aromatic rings. The number of nitrogens with one attached hydrogen (secondary N) is 2. The van der Waals surface area contributed by atoms with Crippen molar-refractivity contribution in [1.29, 1.82) is 0 Å². The molecule has 1 aliphatic heterocycles. The van der Waals surface area contributed by atoms with Gasteiger partial charge in [0.15, 0.2) is 10.8 Å². The van der Waals surface area contributed by atoms with Gasteiger partial charge in [0.05, 0.1) is 17.5 Å². The Morgan fingerprint density at radius 3 is 2.68 bits per heavy atom. The lowest BCUT2D eigenvalue weighted by atomic mass is 9.87. The van der Waals surface area contributed by atoms with E-state index in [2.05, 4.69) is 15.6 Å². The maximum Gasteiger partial charge on any atom is 0.262 e. The fourth-order valence-electron chi connectivity index (χ4n) is 4.19. The molecule has 4 rings (SSSR count). The normalized spacial score (nSPS) is 18.4. The van der Waals surface area contributed by atoms with Crippen LogP contribution in [0.5, 0.6) is 0 Å². The van der Waals surface area contributed by atoms with E-state index in [1.54, 1.807) is 23.5 Å². The van der Waals surface area contributed by atoms with E-state index in [1.807, 2.05) is 38.3 Å². The highest BCUT2D eigenvalue weighted by atomic mass is 32.2. The van der Waals surface area contributed by atoms with Crippen LogP contribution in [0.3, 0.4) is 0 Å². The second kappa shape index (κ2) is 11.0. The Morgan fingerprint density at radius 1 is 1.22 bits per heavy atom. The summed E-state index contributed by atoms with van der Waals surface area (Å²) in [5, 5.41) is 7.48. The van der Waals surface area contributed by atoms with Crippen LogP contribution < -0.4 is 10.6 Å². The Balaban J connectivity index is 1.45. The van der Waals surface area contributed by atoms with Gasteiger partial charge in [0.25, 0.3) is 15.9 Å². The molecule has 1 aliphatic rings. The number of aromatic nitrogens is 1. The van der Waals surface area contributed by atoms with Crippen molar-refractivity contribution >= 4 is 59.7 Å². The largest absolute Gasteiger partial charge is 0.344 e. The van der Waals surface area contributed by atoms with Crippen LogP contribution in [0, 0.1) is 5.41 Å². The number of carbonyl (C=O) groups is 3. The average molecular weight is 563 g/mol. The zero-order valence-electron chi connectivity index (χ0n) is 20.9. The number of carbonyl (C=O) groups excluding carboxylic acids is 3. The van der Waals surface area contributed by atoms with Gasteiger partial charge in [0, 0.05) is 22.1 Å². The third kappa shape index (κ3) is 6.61. The predicted molar refractivity (Wildman–Crippen MR) is 144 cm³/mol. The van der Waals surface area contributed by atoms with E-state index in [4.69, 9.17) is 0 Å². The Labute approximate surface area is 224 Å². The lowest BCUT2D eigenvalue weighted by Gasteiger charge is -2.27. The summed E-state index contributed by atoms with van der Waals surface area (Å²) in [6, 6.07) is 6.66. The van der Waals surface area contributed by atoms with Gasteiger partial charge in [-0.1, -0.05) is 26.8 Å².